The molecule has 0 amide bonds. The summed E-state index contributed by atoms with van der Waals surface area (Å²) in [6.07, 6.45) is 10.9. The average molecular weight is 265 g/mol. The first-order chi connectivity index (χ1) is 9.08. The van der Waals surface area contributed by atoms with Gasteiger partial charge in [0.25, 0.3) is 0 Å². The number of unbranched alkanes of at least 4 members (excludes halogenated alkanes) is 2. The number of hydrogen-bond acceptors (Lipinski definition) is 2. The number of nitrogens with zero attached hydrogens (tertiary/aromatic N) is 3. The Morgan fingerprint density at radius 2 is 1.63 bits per heavy atom. The molecule has 0 N–H and O–H groups in total. The van der Waals surface area contributed by atoms with Crippen molar-refractivity contribution in [1.29, 1.82) is 0 Å². The Kier molecular flexibility index (Phi) is 7.76. The molecular formula is C16H31N3. The maximum absolute atomic E-state index is 4.25. The van der Waals surface area contributed by atoms with Crippen LogP contribution in [0.3, 0.4) is 0 Å². The van der Waals surface area contributed by atoms with Crippen LogP contribution in [-0.2, 0) is 13.0 Å². The van der Waals surface area contributed by atoms with Crippen LogP contribution in [0, 0.1) is 11.8 Å². The molecule has 0 aliphatic rings. The summed E-state index contributed by atoms with van der Waals surface area (Å²) in [5.41, 5.74) is 1.16. The van der Waals surface area contributed by atoms with Gasteiger partial charge in [0.05, 0.1) is 5.69 Å². The van der Waals surface area contributed by atoms with Gasteiger partial charge in [0.1, 0.15) is 0 Å². The summed E-state index contributed by atoms with van der Waals surface area (Å²) in [6, 6.07) is 0. The predicted octanol–water partition coefficient (Wildman–Crippen LogP) is 4.47. The molecule has 0 saturated carbocycles. The van der Waals surface area contributed by atoms with Gasteiger partial charge in [-0.15, -0.1) is 5.10 Å². The zero-order chi connectivity index (χ0) is 14.1. The molecule has 1 aromatic rings. The summed E-state index contributed by atoms with van der Waals surface area (Å²) in [4.78, 5) is 0. The molecule has 1 rings (SSSR count). The number of rotatable bonds is 10. The fourth-order valence-electron chi connectivity index (χ4n) is 2.26. The second-order valence-electron chi connectivity index (χ2n) is 6.50. The highest BCUT2D eigenvalue weighted by atomic mass is 15.4. The lowest BCUT2D eigenvalue weighted by Gasteiger charge is -2.04. The van der Waals surface area contributed by atoms with Gasteiger partial charge in [0.2, 0.25) is 0 Å². The van der Waals surface area contributed by atoms with Crippen LogP contribution in [0.1, 0.15) is 71.9 Å². The van der Waals surface area contributed by atoms with Crippen molar-refractivity contribution in [3.63, 3.8) is 0 Å². The van der Waals surface area contributed by atoms with Gasteiger partial charge in [-0.3, -0.25) is 4.68 Å². The van der Waals surface area contributed by atoms with Crippen molar-refractivity contribution in [2.24, 2.45) is 11.8 Å². The molecule has 0 aliphatic carbocycles. The lowest BCUT2D eigenvalue weighted by molar-refractivity contribution is 0.487. The summed E-state index contributed by atoms with van der Waals surface area (Å²) in [6.45, 7) is 10.2. The monoisotopic (exact) mass is 265 g/mol. The Labute approximate surface area is 118 Å². The van der Waals surface area contributed by atoms with Crippen molar-refractivity contribution in [1.82, 2.24) is 15.0 Å². The molecule has 3 heteroatoms. The number of hydrogen-bond donors (Lipinski definition) is 0. The van der Waals surface area contributed by atoms with Crippen LogP contribution in [0.15, 0.2) is 6.20 Å². The van der Waals surface area contributed by atoms with E-state index in [9.17, 15) is 0 Å². The maximum Gasteiger partial charge on any atom is 0.0827 e. The summed E-state index contributed by atoms with van der Waals surface area (Å²) in [7, 11) is 0. The van der Waals surface area contributed by atoms with Crippen LogP contribution in [0.25, 0.3) is 0 Å². The molecule has 0 aromatic carbocycles. The molecule has 1 aromatic heterocycles. The van der Waals surface area contributed by atoms with Crippen LogP contribution < -0.4 is 0 Å². The molecule has 0 bridgehead atoms. The zero-order valence-electron chi connectivity index (χ0n) is 13.2. The van der Waals surface area contributed by atoms with Crippen molar-refractivity contribution in [3.8, 4) is 0 Å². The maximum atomic E-state index is 4.25. The zero-order valence-corrected chi connectivity index (χ0v) is 13.2. The van der Waals surface area contributed by atoms with E-state index in [-0.39, 0.29) is 0 Å². The normalized spacial score (nSPS) is 11.7. The summed E-state index contributed by atoms with van der Waals surface area (Å²) >= 11 is 0. The fraction of sp³-hybridized carbons (Fsp3) is 0.875. The first-order valence-electron chi connectivity index (χ1n) is 7.97. The van der Waals surface area contributed by atoms with Crippen molar-refractivity contribution in [2.45, 2.75) is 79.2 Å². The molecule has 0 saturated heterocycles. The molecule has 1 heterocycles. The molecule has 19 heavy (non-hydrogen) atoms. The highest BCUT2D eigenvalue weighted by molar-refractivity contribution is 4.92. The molecule has 0 radical (unpaired) electrons. The Bertz CT molecular complexity index is 328. The molecule has 0 fully saturated rings. The van der Waals surface area contributed by atoms with Gasteiger partial charge in [0.15, 0.2) is 0 Å². The van der Waals surface area contributed by atoms with E-state index in [4.69, 9.17) is 0 Å². The van der Waals surface area contributed by atoms with Gasteiger partial charge in [-0.2, -0.15) is 0 Å². The Balaban J connectivity index is 2.12. The van der Waals surface area contributed by atoms with Crippen molar-refractivity contribution >= 4 is 0 Å². The average Bonchev–Trinajstić information content (AvgIpc) is 2.76. The minimum absolute atomic E-state index is 0.788. The highest BCUT2D eigenvalue weighted by Gasteiger charge is 2.02. The van der Waals surface area contributed by atoms with E-state index in [0.717, 1.165) is 30.5 Å². The van der Waals surface area contributed by atoms with Gasteiger partial charge in [-0.25, -0.2) is 0 Å². The standard InChI is InChI=1S/C16H31N3/c1-14(2)9-6-5-7-12-19-13-16(17-18-19)11-8-10-15(3)4/h13-15H,5-12H2,1-4H3. The van der Waals surface area contributed by atoms with Gasteiger partial charge in [-0.05, 0) is 31.1 Å². The molecule has 0 unspecified atom stereocenters. The van der Waals surface area contributed by atoms with Gasteiger partial charge in [0, 0.05) is 12.7 Å². The SMILES string of the molecule is CC(C)CCCCCn1cc(CCCC(C)C)nn1. The minimum Gasteiger partial charge on any atom is -0.252 e. The van der Waals surface area contributed by atoms with Crippen molar-refractivity contribution < 1.29 is 0 Å². The topological polar surface area (TPSA) is 30.7 Å². The van der Waals surface area contributed by atoms with Crippen LogP contribution >= 0.6 is 0 Å². The third kappa shape index (κ3) is 8.02. The van der Waals surface area contributed by atoms with E-state index in [1.54, 1.807) is 0 Å². The molecule has 110 valence electrons. The molecule has 0 aliphatic heterocycles. The first-order valence-corrected chi connectivity index (χ1v) is 7.97. The molecule has 0 atom stereocenters. The quantitative estimate of drug-likeness (QED) is 0.584. The number of aromatic nitrogens is 3. The lowest BCUT2D eigenvalue weighted by atomic mass is 10.1. The van der Waals surface area contributed by atoms with Crippen molar-refractivity contribution in [3.05, 3.63) is 11.9 Å². The lowest BCUT2D eigenvalue weighted by Crippen LogP contribution is -1.99. The summed E-state index contributed by atoms with van der Waals surface area (Å²) < 4.78 is 2.01. The van der Waals surface area contributed by atoms with E-state index in [1.165, 1.54) is 38.5 Å². The van der Waals surface area contributed by atoms with E-state index >= 15 is 0 Å². The summed E-state index contributed by atoms with van der Waals surface area (Å²) in [5.74, 6) is 1.62. The van der Waals surface area contributed by atoms with E-state index < -0.39 is 0 Å². The predicted molar refractivity (Wildman–Crippen MR) is 81.1 cm³/mol. The highest BCUT2D eigenvalue weighted by Crippen LogP contribution is 2.10. The minimum atomic E-state index is 0.788. The third-order valence-electron chi connectivity index (χ3n) is 3.47. The largest absolute Gasteiger partial charge is 0.252 e. The molecule has 0 spiro atoms. The Morgan fingerprint density at radius 1 is 0.947 bits per heavy atom. The van der Waals surface area contributed by atoms with Crippen LogP contribution in [0.2, 0.25) is 0 Å². The molecule has 3 nitrogen and oxygen atoms in total. The molecular weight excluding hydrogens is 234 g/mol. The smallest absolute Gasteiger partial charge is 0.0827 e. The van der Waals surface area contributed by atoms with Crippen LogP contribution in [0.5, 0.6) is 0 Å². The van der Waals surface area contributed by atoms with Crippen LogP contribution in [-0.4, -0.2) is 15.0 Å². The third-order valence-corrected chi connectivity index (χ3v) is 3.47. The van der Waals surface area contributed by atoms with E-state index in [2.05, 4.69) is 44.2 Å². The van der Waals surface area contributed by atoms with E-state index in [1.807, 2.05) is 4.68 Å². The second kappa shape index (κ2) is 9.11. The number of aryl methyl sites for hydroxylation is 2. The van der Waals surface area contributed by atoms with Gasteiger partial charge < -0.3 is 0 Å². The van der Waals surface area contributed by atoms with E-state index in [0.29, 0.717) is 0 Å². The summed E-state index contributed by atoms with van der Waals surface area (Å²) in [5, 5.41) is 8.47. The fourth-order valence-corrected chi connectivity index (χ4v) is 2.26. The second-order valence-corrected chi connectivity index (χ2v) is 6.50. The Morgan fingerprint density at radius 3 is 2.32 bits per heavy atom. The Hall–Kier alpha value is -0.860. The first kappa shape index (κ1) is 16.2. The van der Waals surface area contributed by atoms with Crippen molar-refractivity contribution in [2.75, 3.05) is 0 Å². The van der Waals surface area contributed by atoms with Gasteiger partial charge >= 0.3 is 0 Å². The van der Waals surface area contributed by atoms with Gasteiger partial charge in [-0.1, -0.05) is 58.6 Å². The van der Waals surface area contributed by atoms with Crippen LogP contribution in [0.4, 0.5) is 0 Å².